The van der Waals surface area contributed by atoms with Crippen LogP contribution in [0.5, 0.6) is 0 Å². The van der Waals surface area contributed by atoms with Crippen molar-refractivity contribution < 1.29 is 9.90 Å². The Balaban J connectivity index is 1.85. The van der Waals surface area contributed by atoms with Gasteiger partial charge >= 0.3 is 5.97 Å². The number of carboxylic acids is 1. The first-order valence-corrected chi connectivity index (χ1v) is 7.91. The normalized spacial score (nSPS) is 27.6. The molecule has 0 amide bonds. The monoisotopic (exact) mass is 288 g/mol. The quantitative estimate of drug-likeness (QED) is 0.903. The number of anilines is 1. The molecule has 3 saturated heterocycles. The number of hydrogen-bond acceptors (Lipinski definition) is 3. The maximum atomic E-state index is 11.0. The smallest absolute Gasteiger partial charge is 0.305 e. The van der Waals surface area contributed by atoms with Gasteiger partial charge in [0.1, 0.15) is 0 Å². The minimum absolute atomic E-state index is 0.206. The Hall–Kier alpha value is -1.55. The van der Waals surface area contributed by atoms with E-state index in [4.69, 9.17) is 5.11 Å². The first-order chi connectivity index (χ1) is 10.1. The molecule has 3 aliphatic rings. The van der Waals surface area contributed by atoms with E-state index in [0.29, 0.717) is 18.5 Å². The molecule has 114 valence electrons. The van der Waals surface area contributed by atoms with Crippen molar-refractivity contribution in [2.75, 3.05) is 31.1 Å². The zero-order chi connectivity index (χ0) is 14.8. The van der Waals surface area contributed by atoms with Crippen molar-refractivity contribution >= 4 is 11.7 Å². The van der Waals surface area contributed by atoms with Crippen LogP contribution in [0.4, 0.5) is 5.69 Å². The molecule has 0 radical (unpaired) electrons. The molecule has 0 aromatic heterocycles. The molecule has 4 heteroatoms. The molecular formula is C17H24N2O2. The van der Waals surface area contributed by atoms with Crippen LogP contribution in [0.1, 0.15) is 24.8 Å². The van der Waals surface area contributed by atoms with Crippen LogP contribution in [0.15, 0.2) is 24.3 Å². The summed E-state index contributed by atoms with van der Waals surface area (Å²) in [6.07, 6.45) is 2.71. The van der Waals surface area contributed by atoms with Crippen molar-refractivity contribution in [2.45, 2.75) is 32.2 Å². The molecule has 21 heavy (non-hydrogen) atoms. The number of carbonyl (C=O) groups is 1. The van der Waals surface area contributed by atoms with Gasteiger partial charge in [-0.15, -0.1) is 0 Å². The van der Waals surface area contributed by atoms with Crippen LogP contribution < -0.4 is 4.90 Å². The second-order valence-corrected chi connectivity index (χ2v) is 6.33. The minimum atomic E-state index is -0.713. The number of fused-ring (bicyclic) bond motifs is 3. The van der Waals surface area contributed by atoms with Crippen molar-refractivity contribution in [3.63, 3.8) is 0 Å². The summed E-state index contributed by atoms with van der Waals surface area (Å²) in [6, 6.07) is 8.81. The Morgan fingerprint density at radius 3 is 2.62 bits per heavy atom. The highest BCUT2D eigenvalue weighted by Gasteiger charge is 2.37. The molecule has 2 bridgehead atoms. The lowest BCUT2D eigenvalue weighted by molar-refractivity contribution is -0.136. The lowest BCUT2D eigenvalue weighted by atomic mass is 9.82. The van der Waals surface area contributed by atoms with Gasteiger partial charge in [0, 0.05) is 24.8 Å². The maximum absolute atomic E-state index is 11.0. The van der Waals surface area contributed by atoms with Crippen LogP contribution in [0.3, 0.4) is 0 Å². The summed E-state index contributed by atoms with van der Waals surface area (Å²) in [4.78, 5) is 15.9. The highest BCUT2D eigenvalue weighted by atomic mass is 16.4. The molecule has 4 rings (SSSR count). The number of rotatable bonds is 5. The van der Waals surface area contributed by atoms with Crippen molar-refractivity contribution in [1.29, 1.82) is 0 Å². The number of nitrogens with zero attached hydrogens (tertiary/aromatic N) is 2. The van der Waals surface area contributed by atoms with E-state index in [9.17, 15) is 4.79 Å². The van der Waals surface area contributed by atoms with Crippen molar-refractivity contribution in [2.24, 2.45) is 5.92 Å². The van der Waals surface area contributed by atoms with E-state index >= 15 is 0 Å². The van der Waals surface area contributed by atoms with E-state index in [1.807, 2.05) is 6.07 Å². The number of benzene rings is 1. The second-order valence-electron chi connectivity index (χ2n) is 6.33. The summed E-state index contributed by atoms with van der Waals surface area (Å²) < 4.78 is 0. The van der Waals surface area contributed by atoms with Gasteiger partial charge in [0.2, 0.25) is 0 Å². The van der Waals surface area contributed by atoms with E-state index in [-0.39, 0.29) is 6.42 Å². The third-order valence-electron chi connectivity index (χ3n) is 5.01. The fourth-order valence-corrected chi connectivity index (χ4v) is 3.85. The molecule has 0 spiro atoms. The van der Waals surface area contributed by atoms with E-state index in [2.05, 4.69) is 34.9 Å². The van der Waals surface area contributed by atoms with Gasteiger partial charge in [-0.05, 0) is 50.4 Å². The van der Waals surface area contributed by atoms with Crippen molar-refractivity contribution in [3.8, 4) is 0 Å². The van der Waals surface area contributed by atoms with Crippen LogP contribution in [0.25, 0.3) is 0 Å². The van der Waals surface area contributed by atoms with Crippen LogP contribution in [-0.2, 0) is 4.79 Å². The maximum Gasteiger partial charge on any atom is 0.305 e. The predicted octanol–water partition coefficient (Wildman–Crippen LogP) is 2.37. The third-order valence-corrected chi connectivity index (χ3v) is 5.01. The lowest BCUT2D eigenvalue weighted by Gasteiger charge is -2.50. The first kappa shape index (κ1) is 14.4. The average molecular weight is 288 g/mol. The van der Waals surface area contributed by atoms with Gasteiger partial charge in [-0.1, -0.05) is 18.2 Å². The Kier molecular flexibility index (Phi) is 4.15. The van der Waals surface area contributed by atoms with Crippen molar-refractivity contribution in [3.05, 3.63) is 29.8 Å². The molecule has 3 fully saturated rings. The molecule has 0 aliphatic carbocycles. The lowest BCUT2D eigenvalue weighted by Crippen LogP contribution is -2.58. The molecule has 3 heterocycles. The highest BCUT2D eigenvalue weighted by Crippen LogP contribution is 2.34. The number of para-hydroxylation sites is 1. The number of aryl methyl sites for hydroxylation is 1. The summed E-state index contributed by atoms with van der Waals surface area (Å²) in [6.45, 7) is 6.22. The molecule has 3 aliphatic heterocycles. The zero-order valence-electron chi connectivity index (χ0n) is 12.7. The first-order valence-electron chi connectivity index (χ1n) is 7.91. The molecule has 1 N–H and O–H groups in total. The van der Waals surface area contributed by atoms with E-state index in [1.54, 1.807) is 0 Å². The Morgan fingerprint density at radius 1 is 1.33 bits per heavy atom. The SMILES string of the molecule is Cc1ccccc1N(CCC(=O)O)C1CN2CCC1CC2. The largest absolute Gasteiger partial charge is 0.481 e. The van der Waals surface area contributed by atoms with E-state index < -0.39 is 5.97 Å². The average Bonchev–Trinajstić information content (AvgIpc) is 2.50. The Bertz CT molecular complexity index is 509. The van der Waals surface area contributed by atoms with Crippen LogP contribution in [0.2, 0.25) is 0 Å². The Labute approximate surface area is 126 Å². The standard InChI is InChI=1S/C17H24N2O2/c1-13-4-2-3-5-15(13)19(11-8-17(20)21)16-12-18-9-6-14(16)7-10-18/h2-5,14,16H,6-12H2,1H3,(H,20,21). The fourth-order valence-electron chi connectivity index (χ4n) is 3.85. The van der Waals surface area contributed by atoms with Gasteiger partial charge in [0.05, 0.1) is 6.42 Å². The summed E-state index contributed by atoms with van der Waals surface area (Å²) in [7, 11) is 0. The van der Waals surface area contributed by atoms with Crippen LogP contribution in [-0.4, -0.2) is 48.2 Å². The number of carboxylic acid groups (broad SMARTS) is 1. The number of aliphatic carboxylic acids is 1. The summed E-state index contributed by atoms with van der Waals surface area (Å²) >= 11 is 0. The Morgan fingerprint density at radius 2 is 2.05 bits per heavy atom. The van der Waals surface area contributed by atoms with Crippen molar-refractivity contribution in [1.82, 2.24) is 4.90 Å². The van der Waals surface area contributed by atoms with Crippen LogP contribution >= 0.6 is 0 Å². The summed E-state index contributed by atoms with van der Waals surface area (Å²) in [5.41, 5.74) is 2.44. The molecule has 4 nitrogen and oxygen atoms in total. The minimum Gasteiger partial charge on any atom is -0.481 e. The topological polar surface area (TPSA) is 43.8 Å². The van der Waals surface area contributed by atoms with Gasteiger partial charge in [0.15, 0.2) is 0 Å². The second kappa shape index (κ2) is 6.06. The third kappa shape index (κ3) is 3.05. The van der Waals surface area contributed by atoms with E-state index in [0.717, 1.165) is 6.54 Å². The molecule has 1 aromatic carbocycles. The van der Waals surface area contributed by atoms with Gasteiger partial charge in [-0.25, -0.2) is 0 Å². The summed E-state index contributed by atoms with van der Waals surface area (Å²) in [5.74, 6) is -0.00161. The van der Waals surface area contributed by atoms with Crippen LogP contribution in [0, 0.1) is 12.8 Å². The van der Waals surface area contributed by atoms with E-state index in [1.165, 1.54) is 37.2 Å². The number of piperidine rings is 3. The molecule has 0 saturated carbocycles. The number of hydrogen-bond donors (Lipinski definition) is 1. The fraction of sp³-hybridized carbons (Fsp3) is 0.588. The van der Waals surface area contributed by atoms with Gasteiger partial charge in [-0.2, -0.15) is 0 Å². The molecule has 1 aromatic rings. The van der Waals surface area contributed by atoms with Gasteiger partial charge in [0.25, 0.3) is 0 Å². The molecular weight excluding hydrogens is 264 g/mol. The van der Waals surface area contributed by atoms with Gasteiger partial charge < -0.3 is 14.9 Å². The van der Waals surface area contributed by atoms with Gasteiger partial charge in [-0.3, -0.25) is 4.79 Å². The summed E-state index contributed by atoms with van der Waals surface area (Å²) in [5, 5.41) is 9.07. The molecule has 1 unspecified atom stereocenters. The molecule has 1 atom stereocenters. The predicted molar refractivity (Wildman–Crippen MR) is 83.7 cm³/mol. The highest BCUT2D eigenvalue weighted by molar-refractivity contribution is 5.68. The zero-order valence-corrected chi connectivity index (χ0v) is 12.7.